The maximum absolute atomic E-state index is 9.04. The fourth-order valence-electron chi connectivity index (χ4n) is 3.30. The highest BCUT2D eigenvalue weighted by Crippen LogP contribution is 2.19. The van der Waals surface area contributed by atoms with Gasteiger partial charge in [0.15, 0.2) is 0 Å². The summed E-state index contributed by atoms with van der Waals surface area (Å²) >= 11 is 0. The summed E-state index contributed by atoms with van der Waals surface area (Å²) in [5.41, 5.74) is 2.16. The molecule has 0 amide bonds. The third-order valence-electron chi connectivity index (χ3n) is 5.44. The Morgan fingerprint density at radius 2 is 1.85 bits per heavy atom. The Bertz CT molecular complexity index is 605. The molecule has 0 radical (unpaired) electrons. The minimum absolute atomic E-state index is 0.112. The first-order valence-corrected chi connectivity index (χ1v) is 10.4. The van der Waals surface area contributed by atoms with Crippen LogP contribution in [0.2, 0.25) is 0 Å². The first-order chi connectivity index (χ1) is 12.6. The van der Waals surface area contributed by atoms with Gasteiger partial charge in [-0.3, -0.25) is 0 Å². The normalized spacial score (nSPS) is 12.3. The van der Waals surface area contributed by atoms with Crippen LogP contribution in [-0.4, -0.2) is 34.7 Å². The summed E-state index contributed by atoms with van der Waals surface area (Å²) in [7, 11) is 4.22. The van der Waals surface area contributed by atoms with Crippen molar-refractivity contribution >= 4 is 10.9 Å². The molecule has 0 spiro atoms. The molecule has 0 aliphatic carbocycles. The third-order valence-corrected chi connectivity index (χ3v) is 5.44. The smallest absolute Gasteiger partial charge is 0.0688 e. The molecule has 0 aliphatic rings. The van der Waals surface area contributed by atoms with Crippen LogP contribution in [0.15, 0.2) is 30.5 Å². The second-order valence-corrected chi connectivity index (χ2v) is 7.39. The molecular formula is C23H40N2O. The molecule has 148 valence electrons. The van der Waals surface area contributed by atoms with Gasteiger partial charge in [0.1, 0.15) is 0 Å². The van der Waals surface area contributed by atoms with Gasteiger partial charge in [0.2, 0.25) is 0 Å². The van der Waals surface area contributed by atoms with E-state index in [0.29, 0.717) is 0 Å². The predicted molar refractivity (Wildman–Crippen MR) is 115 cm³/mol. The molecule has 0 saturated heterocycles. The monoisotopic (exact) mass is 360 g/mol. The van der Waals surface area contributed by atoms with E-state index in [4.69, 9.17) is 5.11 Å². The van der Waals surface area contributed by atoms with Gasteiger partial charge < -0.3 is 14.6 Å². The molecule has 1 aromatic heterocycles. The summed E-state index contributed by atoms with van der Waals surface area (Å²) in [4.78, 5) is 2.42. The van der Waals surface area contributed by atoms with E-state index in [2.05, 4.69) is 43.4 Å². The zero-order valence-corrected chi connectivity index (χ0v) is 17.7. The van der Waals surface area contributed by atoms with E-state index in [-0.39, 0.29) is 6.61 Å². The Balaban J connectivity index is 0.000000262. The summed E-state index contributed by atoms with van der Waals surface area (Å²) in [6.45, 7) is 9.43. The number of aliphatic hydroxyl groups is 1. The van der Waals surface area contributed by atoms with Gasteiger partial charge in [0.05, 0.1) is 6.61 Å². The van der Waals surface area contributed by atoms with Crippen LogP contribution in [-0.2, 0) is 13.7 Å². The molecule has 1 unspecified atom stereocenters. The number of fused-ring (bicyclic) bond motifs is 1. The Morgan fingerprint density at radius 1 is 1.08 bits per heavy atom. The maximum atomic E-state index is 9.04. The summed E-state index contributed by atoms with van der Waals surface area (Å²) in [5, 5.41) is 10.2. The molecule has 0 saturated carbocycles. The lowest BCUT2D eigenvalue weighted by molar-refractivity contribution is 0.283. The highest BCUT2D eigenvalue weighted by atomic mass is 16.3. The zero-order valence-electron chi connectivity index (χ0n) is 17.7. The van der Waals surface area contributed by atoms with E-state index in [9.17, 15) is 0 Å². The van der Waals surface area contributed by atoms with Crippen LogP contribution in [0.1, 0.15) is 64.9 Å². The molecule has 26 heavy (non-hydrogen) atoms. The van der Waals surface area contributed by atoms with Gasteiger partial charge >= 0.3 is 0 Å². The van der Waals surface area contributed by atoms with Gasteiger partial charge in [-0.25, -0.2) is 0 Å². The summed E-state index contributed by atoms with van der Waals surface area (Å²) in [5.74, 6) is 0.968. The number of benzene rings is 1. The number of nitrogens with zero attached hydrogens (tertiary/aromatic N) is 2. The minimum Gasteiger partial charge on any atom is -0.392 e. The largest absolute Gasteiger partial charge is 0.392 e. The number of aryl methyl sites for hydroxylation is 1. The second kappa shape index (κ2) is 12.9. The van der Waals surface area contributed by atoms with Crippen molar-refractivity contribution in [2.75, 3.05) is 20.1 Å². The van der Waals surface area contributed by atoms with Gasteiger partial charge in [-0.05, 0) is 50.2 Å². The van der Waals surface area contributed by atoms with Crippen molar-refractivity contribution in [2.45, 2.75) is 65.9 Å². The van der Waals surface area contributed by atoms with Gasteiger partial charge in [0.25, 0.3) is 0 Å². The maximum Gasteiger partial charge on any atom is 0.0688 e. The number of aromatic nitrogens is 1. The topological polar surface area (TPSA) is 28.4 Å². The van der Waals surface area contributed by atoms with Crippen molar-refractivity contribution in [1.29, 1.82) is 0 Å². The Morgan fingerprint density at radius 3 is 2.46 bits per heavy atom. The average Bonchev–Trinajstić information content (AvgIpc) is 3.06. The molecule has 1 heterocycles. The Labute approximate surface area is 161 Å². The molecule has 1 aromatic carbocycles. The molecule has 2 aromatic rings. The highest BCUT2D eigenvalue weighted by Gasteiger charge is 2.06. The van der Waals surface area contributed by atoms with Crippen LogP contribution in [0.25, 0.3) is 10.9 Å². The van der Waals surface area contributed by atoms with E-state index in [1.165, 1.54) is 57.1 Å². The molecule has 2 rings (SSSR count). The van der Waals surface area contributed by atoms with E-state index >= 15 is 0 Å². The van der Waals surface area contributed by atoms with Crippen LogP contribution in [0.5, 0.6) is 0 Å². The quantitative estimate of drug-likeness (QED) is 0.558. The lowest BCUT2D eigenvalue weighted by Gasteiger charge is -2.19. The SMILES string of the molecule is CCCCCC(CC)CCN(C)CC.Cn1ccc2c(CO)cccc21. The molecule has 3 nitrogen and oxygen atoms in total. The molecule has 0 fully saturated rings. The van der Waals surface area contributed by atoms with Crippen molar-refractivity contribution in [2.24, 2.45) is 13.0 Å². The van der Waals surface area contributed by atoms with Crippen LogP contribution in [0, 0.1) is 5.92 Å². The van der Waals surface area contributed by atoms with Crippen LogP contribution in [0.3, 0.4) is 0 Å². The minimum atomic E-state index is 0.112. The van der Waals surface area contributed by atoms with E-state index < -0.39 is 0 Å². The summed E-state index contributed by atoms with van der Waals surface area (Å²) < 4.78 is 2.05. The first-order valence-electron chi connectivity index (χ1n) is 10.4. The standard InChI is InChI=1S/C13H29N.C10H11NO/c1-5-8-9-10-13(6-2)11-12-14(4)7-3;1-11-6-5-9-8(7-12)3-2-4-10(9)11/h13H,5-12H2,1-4H3;2-6,12H,7H2,1H3. The molecule has 0 bridgehead atoms. The third kappa shape index (κ3) is 7.51. The number of aliphatic hydroxyl groups excluding tert-OH is 1. The average molecular weight is 361 g/mol. The van der Waals surface area contributed by atoms with Crippen molar-refractivity contribution in [3.8, 4) is 0 Å². The summed E-state index contributed by atoms with van der Waals surface area (Å²) in [6.07, 6.45) is 10.4. The molecule has 1 atom stereocenters. The lowest BCUT2D eigenvalue weighted by Crippen LogP contribution is -2.21. The molecule has 0 aliphatic heterocycles. The van der Waals surface area contributed by atoms with Crippen LogP contribution < -0.4 is 0 Å². The van der Waals surface area contributed by atoms with E-state index in [1.54, 1.807) is 0 Å². The lowest BCUT2D eigenvalue weighted by atomic mass is 9.95. The number of rotatable bonds is 10. The molecular weight excluding hydrogens is 320 g/mol. The fraction of sp³-hybridized carbons (Fsp3) is 0.652. The fourth-order valence-corrected chi connectivity index (χ4v) is 3.30. The molecule has 1 N–H and O–H groups in total. The number of hydrogen-bond donors (Lipinski definition) is 1. The molecule has 3 heteroatoms. The van der Waals surface area contributed by atoms with Crippen molar-refractivity contribution in [3.63, 3.8) is 0 Å². The van der Waals surface area contributed by atoms with Gasteiger partial charge in [-0.15, -0.1) is 0 Å². The zero-order chi connectivity index (χ0) is 19.4. The van der Waals surface area contributed by atoms with Crippen molar-refractivity contribution in [1.82, 2.24) is 9.47 Å². The van der Waals surface area contributed by atoms with Gasteiger partial charge in [-0.1, -0.05) is 65.0 Å². The first kappa shape index (κ1) is 22.7. The number of unbranched alkanes of at least 4 members (excludes halogenated alkanes) is 2. The van der Waals surface area contributed by atoms with Crippen LogP contribution in [0.4, 0.5) is 0 Å². The summed E-state index contributed by atoms with van der Waals surface area (Å²) in [6, 6.07) is 7.99. The second-order valence-electron chi connectivity index (χ2n) is 7.39. The van der Waals surface area contributed by atoms with E-state index in [1.807, 2.05) is 31.4 Å². The number of hydrogen-bond acceptors (Lipinski definition) is 2. The Kier molecular flexibility index (Phi) is 11.3. The van der Waals surface area contributed by atoms with Gasteiger partial charge in [0, 0.05) is 24.1 Å². The van der Waals surface area contributed by atoms with Crippen molar-refractivity contribution in [3.05, 3.63) is 36.0 Å². The van der Waals surface area contributed by atoms with Crippen LogP contribution >= 0.6 is 0 Å². The van der Waals surface area contributed by atoms with E-state index in [0.717, 1.165) is 16.9 Å². The predicted octanol–water partition coefficient (Wildman–Crippen LogP) is 5.61. The van der Waals surface area contributed by atoms with Crippen molar-refractivity contribution < 1.29 is 5.11 Å². The Hall–Kier alpha value is -1.32. The highest BCUT2D eigenvalue weighted by molar-refractivity contribution is 5.83. The van der Waals surface area contributed by atoms with Gasteiger partial charge in [-0.2, -0.15) is 0 Å².